The third-order valence-electron chi connectivity index (χ3n) is 2.91. The first kappa shape index (κ1) is 12.5. The molecule has 20 heavy (non-hydrogen) atoms. The first-order valence-electron chi connectivity index (χ1n) is 5.74. The molecule has 0 aliphatic rings. The molecule has 0 saturated carbocycles. The molecule has 0 unspecified atom stereocenters. The predicted molar refractivity (Wildman–Crippen MR) is 73.8 cm³/mol. The Bertz CT molecular complexity index is 835. The number of aldehydes is 1. The van der Waals surface area contributed by atoms with Crippen molar-refractivity contribution in [2.45, 2.75) is 6.92 Å². The van der Waals surface area contributed by atoms with Crippen molar-refractivity contribution < 1.29 is 14.7 Å². The molecule has 0 aliphatic carbocycles. The van der Waals surface area contributed by atoms with Crippen LogP contribution in [0, 0.1) is 6.92 Å². The van der Waals surface area contributed by atoms with E-state index in [-0.39, 0.29) is 5.56 Å². The zero-order valence-electron chi connectivity index (χ0n) is 10.4. The number of carboxylic acids is 1. The minimum atomic E-state index is -1.03. The van der Waals surface area contributed by atoms with Crippen molar-refractivity contribution in [2.75, 3.05) is 0 Å². The van der Waals surface area contributed by atoms with E-state index in [0.29, 0.717) is 16.4 Å². The van der Waals surface area contributed by atoms with Crippen LogP contribution in [0.2, 0.25) is 0 Å². The van der Waals surface area contributed by atoms with Gasteiger partial charge in [-0.3, -0.25) is 4.79 Å². The van der Waals surface area contributed by atoms with Crippen molar-refractivity contribution in [3.63, 3.8) is 0 Å². The van der Waals surface area contributed by atoms with Crippen LogP contribution < -0.4 is 0 Å². The summed E-state index contributed by atoms with van der Waals surface area (Å²) in [6, 6.07) is 3.54. The number of nitrogens with zero attached hydrogens (tertiary/aromatic N) is 3. The molecule has 0 saturated heterocycles. The molecule has 0 aromatic carbocycles. The number of rotatable bonds is 3. The largest absolute Gasteiger partial charge is 0.478 e. The van der Waals surface area contributed by atoms with Crippen molar-refractivity contribution in [3.05, 3.63) is 40.7 Å². The van der Waals surface area contributed by atoms with Gasteiger partial charge in [-0.25, -0.2) is 14.5 Å². The van der Waals surface area contributed by atoms with Crippen LogP contribution in [0.4, 0.5) is 0 Å². The van der Waals surface area contributed by atoms with Crippen LogP contribution in [0.3, 0.4) is 0 Å². The highest BCUT2D eigenvalue weighted by molar-refractivity contribution is 7.20. The van der Waals surface area contributed by atoms with Crippen LogP contribution in [-0.4, -0.2) is 32.1 Å². The molecule has 0 amide bonds. The number of aryl methyl sites for hydroxylation is 1. The number of aromatic nitrogens is 3. The standard InChI is InChI=1S/C13H9N3O3S/c1-7-10(13(18)19)5-16(15-7)12-9-4-8(6-17)20-11(9)2-3-14-12/h2-6H,1H3,(H,18,19). The van der Waals surface area contributed by atoms with E-state index in [1.54, 1.807) is 19.2 Å². The second kappa shape index (κ2) is 4.53. The van der Waals surface area contributed by atoms with E-state index in [1.165, 1.54) is 22.2 Å². The van der Waals surface area contributed by atoms with E-state index >= 15 is 0 Å². The van der Waals surface area contributed by atoms with E-state index in [9.17, 15) is 9.59 Å². The Morgan fingerprint density at radius 2 is 2.30 bits per heavy atom. The van der Waals surface area contributed by atoms with Crippen molar-refractivity contribution >= 4 is 33.7 Å². The van der Waals surface area contributed by atoms with Gasteiger partial charge in [0.2, 0.25) is 0 Å². The number of aromatic carboxylic acids is 1. The van der Waals surface area contributed by atoms with Gasteiger partial charge in [-0.05, 0) is 19.1 Å². The zero-order chi connectivity index (χ0) is 14.3. The molecule has 3 aromatic heterocycles. The van der Waals surface area contributed by atoms with Crippen molar-refractivity contribution in [2.24, 2.45) is 0 Å². The van der Waals surface area contributed by atoms with E-state index in [0.717, 1.165) is 16.4 Å². The van der Waals surface area contributed by atoms with Crippen LogP contribution in [0.25, 0.3) is 15.9 Å². The summed E-state index contributed by atoms with van der Waals surface area (Å²) in [5, 5.41) is 14.0. The van der Waals surface area contributed by atoms with Crippen LogP contribution >= 0.6 is 11.3 Å². The van der Waals surface area contributed by atoms with Gasteiger partial charge < -0.3 is 5.11 Å². The van der Waals surface area contributed by atoms with Gasteiger partial charge >= 0.3 is 5.97 Å². The summed E-state index contributed by atoms with van der Waals surface area (Å²) in [5.74, 6) is -0.512. The summed E-state index contributed by atoms with van der Waals surface area (Å²) >= 11 is 1.36. The Hall–Kier alpha value is -2.54. The number of hydrogen-bond donors (Lipinski definition) is 1. The molecular formula is C13H9N3O3S. The van der Waals surface area contributed by atoms with Gasteiger partial charge in [-0.2, -0.15) is 5.10 Å². The van der Waals surface area contributed by atoms with Crippen LogP contribution in [0.5, 0.6) is 0 Å². The SMILES string of the molecule is Cc1nn(-c2nccc3sc(C=O)cc23)cc1C(=O)O. The molecule has 7 heteroatoms. The fraction of sp³-hybridized carbons (Fsp3) is 0.0769. The number of carbonyl (C=O) groups is 2. The third kappa shape index (κ3) is 1.88. The van der Waals surface area contributed by atoms with Gasteiger partial charge in [0.1, 0.15) is 5.56 Å². The second-order valence-electron chi connectivity index (χ2n) is 4.19. The van der Waals surface area contributed by atoms with Crippen LogP contribution in [0.15, 0.2) is 24.5 Å². The maximum atomic E-state index is 11.1. The lowest BCUT2D eigenvalue weighted by molar-refractivity contribution is 0.0696. The molecule has 1 N–H and O–H groups in total. The van der Waals surface area contributed by atoms with Gasteiger partial charge in [0, 0.05) is 22.5 Å². The van der Waals surface area contributed by atoms with Gasteiger partial charge in [0.15, 0.2) is 12.1 Å². The van der Waals surface area contributed by atoms with E-state index in [1.807, 2.05) is 6.07 Å². The topological polar surface area (TPSA) is 85.1 Å². The number of pyridine rings is 1. The molecule has 6 nitrogen and oxygen atoms in total. The summed E-state index contributed by atoms with van der Waals surface area (Å²) in [6.07, 6.45) is 3.82. The van der Waals surface area contributed by atoms with Crippen molar-refractivity contribution in [3.8, 4) is 5.82 Å². The smallest absolute Gasteiger partial charge is 0.339 e. The fourth-order valence-electron chi connectivity index (χ4n) is 1.99. The summed E-state index contributed by atoms with van der Waals surface area (Å²) < 4.78 is 2.34. The lowest BCUT2D eigenvalue weighted by Crippen LogP contribution is -1.98. The molecule has 100 valence electrons. The van der Waals surface area contributed by atoms with Gasteiger partial charge in [-0.15, -0.1) is 11.3 Å². The first-order valence-corrected chi connectivity index (χ1v) is 6.55. The Kier molecular flexibility index (Phi) is 2.83. The average Bonchev–Trinajstić information content (AvgIpc) is 3.00. The number of carbonyl (C=O) groups excluding carboxylic acids is 1. The maximum Gasteiger partial charge on any atom is 0.339 e. The molecular weight excluding hydrogens is 278 g/mol. The average molecular weight is 287 g/mol. The Labute approximate surface area is 117 Å². The minimum absolute atomic E-state index is 0.134. The predicted octanol–water partition coefficient (Wildman–Crippen LogP) is 2.30. The molecule has 0 spiro atoms. The maximum absolute atomic E-state index is 11.1. The summed E-state index contributed by atoms with van der Waals surface area (Å²) in [5.41, 5.74) is 0.553. The van der Waals surface area contributed by atoms with Crippen LogP contribution in [0.1, 0.15) is 25.7 Å². The fourth-order valence-corrected chi connectivity index (χ4v) is 2.86. The lowest BCUT2D eigenvalue weighted by Gasteiger charge is -2.01. The number of carboxylic acid groups (broad SMARTS) is 1. The molecule has 0 aliphatic heterocycles. The molecule has 3 heterocycles. The monoisotopic (exact) mass is 287 g/mol. The highest BCUT2D eigenvalue weighted by atomic mass is 32.1. The number of fused-ring (bicyclic) bond motifs is 1. The van der Waals surface area contributed by atoms with Crippen molar-refractivity contribution in [1.82, 2.24) is 14.8 Å². The minimum Gasteiger partial charge on any atom is -0.478 e. The van der Waals surface area contributed by atoms with Crippen LogP contribution in [-0.2, 0) is 0 Å². The number of hydrogen-bond acceptors (Lipinski definition) is 5. The molecule has 0 radical (unpaired) electrons. The molecule has 0 fully saturated rings. The Balaban J connectivity index is 2.23. The highest BCUT2D eigenvalue weighted by Crippen LogP contribution is 2.28. The second-order valence-corrected chi connectivity index (χ2v) is 5.31. The number of thiophene rings is 1. The summed E-state index contributed by atoms with van der Waals surface area (Å²) in [6.45, 7) is 1.63. The molecule has 3 rings (SSSR count). The Morgan fingerprint density at radius 3 is 2.95 bits per heavy atom. The molecule has 0 bridgehead atoms. The van der Waals surface area contributed by atoms with E-state index < -0.39 is 5.97 Å². The molecule has 0 atom stereocenters. The highest BCUT2D eigenvalue weighted by Gasteiger charge is 2.15. The van der Waals surface area contributed by atoms with Gasteiger partial charge in [-0.1, -0.05) is 0 Å². The van der Waals surface area contributed by atoms with Crippen molar-refractivity contribution in [1.29, 1.82) is 0 Å². The Morgan fingerprint density at radius 1 is 1.50 bits per heavy atom. The third-order valence-corrected chi connectivity index (χ3v) is 3.93. The zero-order valence-corrected chi connectivity index (χ0v) is 11.2. The quantitative estimate of drug-likeness (QED) is 0.747. The summed E-state index contributed by atoms with van der Waals surface area (Å²) in [4.78, 5) is 26.8. The van der Waals surface area contributed by atoms with Gasteiger partial charge in [0.25, 0.3) is 0 Å². The van der Waals surface area contributed by atoms with E-state index in [2.05, 4.69) is 10.1 Å². The summed E-state index contributed by atoms with van der Waals surface area (Å²) in [7, 11) is 0. The first-order chi connectivity index (χ1) is 9.60. The molecule has 3 aromatic rings. The normalized spacial score (nSPS) is 10.8. The van der Waals surface area contributed by atoms with E-state index in [4.69, 9.17) is 5.11 Å². The van der Waals surface area contributed by atoms with Gasteiger partial charge in [0.05, 0.1) is 10.6 Å². The lowest BCUT2D eigenvalue weighted by atomic mass is 10.3.